The predicted molar refractivity (Wildman–Crippen MR) is 85.6 cm³/mol. The third-order valence-corrected chi connectivity index (χ3v) is 4.06. The van der Waals surface area contributed by atoms with E-state index in [9.17, 15) is 0 Å². The molecule has 1 aliphatic rings. The van der Waals surface area contributed by atoms with Gasteiger partial charge in [0.15, 0.2) is 0 Å². The highest BCUT2D eigenvalue weighted by Gasteiger charge is 2.23. The van der Waals surface area contributed by atoms with Crippen molar-refractivity contribution < 1.29 is 4.74 Å². The zero-order valence-electron chi connectivity index (χ0n) is 12.1. The van der Waals surface area contributed by atoms with E-state index in [-0.39, 0.29) is 6.10 Å². The van der Waals surface area contributed by atoms with Gasteiger partial charge in [0.05, 0.1) is 6.54 Å². The van der Waals surface area contributed by atoms with Crippen LogP contribution < -0.4 is 10.2 Å². The van der Waals surface area contributed by atoms with Gasteiger partial charge in [-0.15, -0.1) is 0 Å². The fraction of sp³-hybridized carbons (Fsp3) is 0.294. The van der Waals surface area contributed by atoms with E-state index in [0.29, 0.717) is 5.02 Å². The van der Waals surface area contributed by atoms with Crippen LogP contribution in [0.2, 0.25) is 5.02 Å². The van der Waals surface area contributed by atoms with Crippen LogP contribution in [0.5, 0.6) is 5.75 Å². The molecule has 1 unspecified atom stereocenters. The molecule has 0 bridgehead atoms. The number of rotatable bonds is 3. The second kappa shape index (κ2) is 6.48. The van der Waals surface area contributed by atoms with Crippen molar-refractivity contribution in [1.29, 1.82) is 0 Å². The molecule has 0 aromatic heterocycles. The Balaban J connectivity index is 1.90. The molecule has 1 atom stereocenters. The summed E-state index contributed by atoms with van der Waals surface area (Å²) in [5, 5.41) is 2.88. The van der Waals surface area contributed by atoms with Crippen LogP contribution >= 0.6 is 11.6 Å². The minimum atomic E-state index is -0.00498. The van der Waals surface area contributed by atoms with Crippen LogP contribution in [-0.4, -0.2) is 25.1 Å². The summed E-state index contributed by atoms with van der Waals surface area (Å²) >= 11 is 6.05. The smallest absolute Gasteiger partial charge is 0.138 e. The molecular weight excluding hydrogens is 284 g/mol. The van der Waals surface area contributed by atoms with Gasteiger partial charge in [-0.1, -0.05) is 41.9 Å². The quantitative estimate of drug-likeness (QED) is 0.940. The number of hydrogen-bond acceptors (Lipinski definition) is 3. The van der Waals surface area contributed by atoms with Gasteiger partial charge in [0.25, 0.3) is 0 Å². The lowest BCUT2D eigenvalue weighted by atomic mass is 10.0. The number of nitrogens with one attached hydrogen (secondary N) is 1. The summed E-state index contributed by atoms with van der Waals surface area (Å²) in [4.78, 5) is 0. The van der Waals surface area contributed by atoms with Crippen molar-refractivity contribution in [3.63, 3.8) is 0 Å². The molecule has 0 spiro atoms. The van der Waals surface area contributed by atoms with E-state index < -0.39 is 0 Å². The molecule has 0 saturated heterocycles. The van der Waals surface area contributed by atoms with Gasteiger partial charge in [-0.25, -0.2) is 5.01 Å². The fourth-order valence-electron chi connectivity index (χ4n) is 2.73. The number of benzene rings is 2. The van der Waals surface area contributed by atoms with Gasteiger partial charge in [-0.05, 0) is 42.8 Å². The first-order chi connectivity index (χ1) is 10.3. The molecule has 1 aliphatic heterocycles. The van der Waals surface area contributed by atoms with Crippen molar-refractivity contribution in [3.05, 3.63) is 64.7 Å². The normalized spacial score (nSPS) is 18.9. The van der Waals surface area contributed by atoms with Gasteiger partial charge in [0.2, 0.25) is 0 Å². The Bertz CT molecular complexity index is 617. The molecule has 0 saturated carbocycles. The summed E-state index contributed by atoms with van der Waals surface area (Å²) in [6, 6.07) is 16.1. The highest BCUT2D eigenvalue weighted by Crippen LogP contribution is 2.29. The molecule has 110 valence electrons. The summed E-state index contributed by atoms with van der Waals surface area (Å²) in [6.45, 7) is 1.78. The molecule has 2 aromatic rings. The molecule has 3 nitrogen and oxygen atoms in total. The number of hydrazine groups is 1. The number of halogens is 1. The van der Waals surface area contributed by atoms with E-state index in [1.54, 1.807) is 0 Å². The Morgan fingerprint density at radius 3 is 2.86 bits per heavy atom. The Kier molecular flexibility index (Phi) is 4.44. The second-order valence-electron chi connectivity index (χ2n) is 5.18. The minimum Gasteiger partial charge on any atom is -0.484 e. The molecule has 4 heteroatoms. The van der Waals surface area contributed by atoms with Crippen LogP contribution in [0.4, 0.5) is 0 Å². The first-order valence-corrected chi connectivity index (χ1v) is 7.56. The van der Waals surface area contributed by atoms with Crippen LogP contribution in [0.25, 0.3) is 0 Å². The number of ether oxygens (including phenoxy) is 1. The maximum atomic E-state index is 6.21. The highest BCUT2D eigenvalue weighted by molar-refractivity contribution is 6.30. The maximum Gasteiger partial charge on any atom is 0.138 e. The molecular formula is C17H19ClN2O. The molecule has 0 radical (unpaired) electrons. The third kappa shape index (κ3) is 3.38. The topological polar surface area (TPSA) is 24.5 Å². The molecule has 1 N–H and O–H groups in total. The molecule has 0 aliphatic carbocycles. The summed E-state index contributed by atoms with van der Waals surface area (Å²) in [6.07, 6.45) is 1.02. The molecule has 21 heavy (non-hydrogen) atoms. The summed E-state index contributed by atoms with van der Waals surface area (Å²) in [5.74, 6) is 0.806. The minimum absolute atomic E-state index is 0.00498. The van der Waals surface area contributed by atoms with Crippen LogP contribution in [0, 0.1) is 0 Å². The lowest BCUT2D eigenvalue weighted by Gasteiger charge is -2.25. The number of nitrogens with zero attached hydrogens (tertiary/aromatic N) is 1. The lowest BCUT2D eigenvalue weighted by Crippen LogP contribution is -2.39. The zero-order chi connectivity index (χ0) is 14.7. The Morgan fingerprint density at radius 2 is 2.05 bits per heavy atom. The molecule has 2 aromatic carbocycles. The molecule has 3 rings (SSSR count). The van der Waals surface area contributed by atoms with Crippen LogP contribution in [-0.2, 0) is 6.42 Å². The van der Waals surface area contributed by atoms with E-state index in [0.717, 1.165) is 25.3 Å². The van der Waals surface area contributed by atoms with Crippen molar-refractivity contribution in [1.82, 2.24) is 10.4 Å². The van der Waals surface area contributed by atoms with Crippen molar-refractivity contribution in [2.24, 2.45) is 0 Å². The van der Waals surface area contributed by atoms with E-state index in [4.69, 9.17) is 16.3 Å². The van der Waals surface area contributed by atoms with Gasteiger partial charge in [-0.2, -0.15) is 0 Å². The lowest BCUT2D eigenvalue weighted by molar-refractivity contribution is 0.113. The van der Waals surface area contributed by atoms with Crippen molar-refractivity contribution >= 4 is 11.6 Å². The average molecular weight is 303 g/mol. The predicted octanol–water partition coefficient (Wildman–Crippen LogP) is 3.45. The van der Waals surface area contributed by atoms with Gasteiger partial charge in [0, 0.05) is 11.6 Å². The standard InChI is InChI=1S/C17H19ClN2O/c1-19-20-10-9-13-5-2-3-8-16(13)17(12-20)21-15-7-4-6-14(18)11-15/h2-8,11,17,19H,9-10,12H2,1H3. The van der Waals surface area contributed by atoms with Crippen LogP contribution in [0.3, 0.4) is 0 Å². The number of fused-ring (bicyclic) bond motifs is 1. The van der Waals surface area contributed by atoms with Gasteiger partial charge >= 0.3 is 0 Å². The summed E-state index contributed by atoms with van der Waals surface area (Å²) < 4.78 is 6.21. The molecule has 0 amide bonds. The van der Waals surface area contributed by atoms with Crippen LogP contribution in [0.1, 0.15) is 17.2 Å². The summed E-state index contributed by atoms with van der Waals surface area (Å²) in [7, 11) is 1.95. The maximum absolute atomic E-state index is 6.21. The fourth-order valence-corrected chi connectivity index (χ4v) is 2.91. The largest absolute Gasteiger partial charge is 0.484 e. The second-order valence-corrected chi connectivity index (χ2v) is 5.62. The Morgan fingerprint density at radius 1 is 1.19 bits per heavy atom. The van der Waals surface area contributed by atoms with Crippen molar-refractivity contribution in [2.45, 2.75) is 12.5 Å². The highest BCUT2D eigenvalue weighted by atomic mass is 35.5. The average Bonchev–Trinajstić information content (AvgIpc) is 2.67. The SMILES string of the molecule is CNN1CCc2ccccc2C(Oc2cccc(Cl)c2)C1. The third-order valence-electron chi connectivity index (χ3n) is 3.83. The van der Waals surface area contributed by atoms with Crippen molar-refractivity contribution in [3.8, 4) is 5.75 Å². The summed E-state index contributed by atoms with van der Waals surface area (Å²) in [5.41, 5.74) is 5.84. The zero-order valence-corrected chi connectivity index (χ0v) is 12.8. The Hall–Kier alpha value is -1.55. The van der Waals surface area contributed by atoms with Gasteiger partial charge in [0.1, 0.15) is 11.9 Å². The molecule has 0 fully saturated rings. The van der Waals surface area contributed by atoms with E-state index in [1.165, 1.54) is 11.1 Å². The van der Waals surface area contributed by atoms with E-state index >= 15 is 0 Å². The van der Waals surface area contributed by atoms with Gasteiger partial charge < -0.3 is 4.74 Å². The van der Waals surface area contributed by atoms with E-state index in [1.807, 2.05) is 31.3 Å². The molecule has 1 heterocycles. The van der Waals surface area contributed by atoms with Crippen LogP contribution in [0.15, 0.2) is 48.5 Å². The monoisotopic (exact) mass is 302 g/mol. The first-order valence-electron chi connectivity index (χ1n) is 7.18. The first kappa shape index (κ1) is 14.4. The Labute approximate surface area is 130 Å². The van der Waals surface area contributed by atoms with Gasteiger partial charge in [-0.3, -0.25) is 5.43 Å². The van der Waals surface area contributed by atoms with Crippen molar-refractivity contribution in [2.75, 3.05) is 20.1 Å². The number of hydrogen-bond donors (Lipinski definition) is 1. The van der Waals surface area contributed by atoms with E-state index in [2.05, 4.69) is 34.7 Å².